The van der Waals surface area contributed by atoms with Crippen LogP contribution < -0.4 is 10.6 Å². The molecule has 8 heteroatoms. The second-order valence-electron chi connectivity index (χ2n) is 3.66. The molecule has 1 aliphatic rings. The van der Waals surface area contributed by atoms with Crippen molar-refractivity contribution >= 4 is 41.8 Å². The summed E-state index contributed by atoms with van der Waals surface area (Å²) in [4.78, 5) is 15.4. The van der Waals surface area contributed by atoms with Crippen LogP contribution in [0.5, 0.6) is 0 Å². The van der Waals surface area contributed by atoms with Crippen LogP contribution >= 0.6 is 24.8 Å². The van der Waals surface area contributed by atoms with Crippen LogP contribution in [0.4, 0.5) is 5.82 Å². The molecule has 3 rings (SSSR count). The fraction of sp³-hybridized carbons (Fsp3) is 0.444. The standard InChI is InChI=1S/C9H12N6.2ClH/c1-2-10-3-6(1)15-9-7-8(12-4-11-7)13-5-14-9;;/h4-6,10H,1-3H2,(H2,11,12,13,14,15);2*1H. The van der Waals surface area contributed by atoms with E-state index < -0.39 is 0 Å². The molecule has 2 aromatic rings. The Labute approximate surface area is 111 Å². The molecular formula is C9H14Cl2N6. The third-order valence-electron chi connectivity index (χ3n) is 2.62. The van der Waals surface area contributed by atoms with E-state index in [0.717, 1.165) is 30.8 Å². The van der Waals surface area contributed by atoms with Crippen LogP contribution in [0.1, 0.15) is 6.42 Å². The molecule has 3 heterocycles. The Morgan fingerprint density at radius 1 is 1.24 bits per heavy atom. The number of nitrogens with zero attached hydrogens (tertiary/aromatic N) is 3. The van der Waals surface area contributed by atoms with E-state index in [-0.39, 0.29) is 24.8 Å². The first-order valence-electron chi connectivity index (χ1n) is 5.05. The van der Waals surface area contributed by atoms with Crippen molar-refractivity contribution in [3.05, 3.63) is 12.7 Å². The molecule has 0 amide bonds. The first kappa shape index (κ1) is 14.0. The Morgan fingerprint density at radius 3 is 2.88 bits per heavy atom. The lowest BCUT2D eigenvalue weighted by Gasteiger charge is -2.11. The minimum atomic E-state index is 0. The highest BCUT2D eigenvalue weighted by Gasteiger charge is 2.16. The Morgan fingerprint density at radius 2 is 2.12 bits per heavy atom. The molecule has 2 aromatic heterocycles. The number of hydrogen-bond donors (Lipinski definition) is 3. The van der Waals surface area contributed by atoms with Gasteiger partial charge in [0.25, 0.3) is 0 Å². The molecule has 1 unspecified atom stereocenters. The highest BCUT2D eigenvalue weighted by molar-refractivity contribution is 5.85. The number of rotatable bonds is 2. The van der Waals surface area contributed by atoms with Gasteiger partial charge in [0.05, 0.1) is 6.33 Å². The summed E-state index contributed by atoms with van der Waals surface area (Å²) >= 11 is 0. The van der Waals surface area contributed by atoms with Gasteiger partial charge < -0.3 is 15.6 Å². The SMILES string of the molecule is Cl.Cl.c1nc(NC2CCNC2)c2[nH]cnc2n1. The predicted octanol–water partition coefficient (Wildman–Crippen LogP) is 0.970. The quantitative estimate of drug-likeness (QED) is 0.762. The Balaban J connectivity index is 0.000000722. The zero-order chi connectivity index (χ0) is 10.1. The van der Waals surface area contributed by atoms with Crippen molar-refractivity contribution in [2.45, 2.75) is 12.5 Å². The van der Waals surface area contributed by atoms with Crippen LogP contribution in [0, 0.1) is 0 Å². The molecule has 0 bridgehead atoms. The van der Waals surface area contributed by atoms with Crippen LogP contribution in [0.3, 0.4) is 0 Å². The summed E-state index contributed by atoms with van der Waals surface area (Å²) in [5, 5.41) is 6.69. The normalized spacial score (nSPS) is 18.5. The van der Waals surface area contributed by atoms with Crippen molar-refractivity contribution in [2.75, 3.05) is 18.4 Å². The van der Waals surface area contributed by atoms with Crippen molar-refractivity contribution in [2.24, 2.45) is 0 Å². The van der Waals surface area contributed by atoms with E-state index >= 15 is 0 Å². The average molecular weight is 277 g/mol. The van der Waals surface area contributed by atoms with E-state index in [9.17, 15) is 0 Å². The number of hydrogen-bond acceptors (Lipinski definition) is 5. The molecule has 17 heavy (non-hydrogen) atoms. The van der Waals surface area contributed by atoms with Gasteiger partial charge in [0.1, 0.15) is 11.8 Å². The minimum Gasteiger partial charge on any atom is -0.364 e. The van der Waals surface area contributed by atoms with E-state index in [1.165, 1.54) is 6.33 Å². The number of aromatic amines is 1. The number of aromatic nitrogens is 4. The van der Waals surface area contributed by atoms with Gasteiger partial charge in [-0.15, -0.1) is 24.8 Å². The molecule has 0 spiro atoms. The predicted molar refractivity (Wildman–Crippen MR) is 71.1 cm³/mol. The average Bonchev–Trinajstić information content (AvgIpc) is 2.87. The number of halogens is 2. The van der Waals surface area contributed by atoms with Gasteiger partial charge in [0.2, 0.25) is 0 Å². The lowest BCUT2D eigenvalue weighted by Crippen LogP contribution is -2.22. The van der Waals surface area contributed by atoms with Crippen LogP contribution in [0.25, 0.3) is 11.2 Å². The number of H-pyrrole nitrogens is 1. The van der Waals surface area contributed by atoms with E-state index in [1.807, 2.05) is 0 Å². The molecule has 94 valence electrons. The maximum Gasteiger partial charge on any atom is 0.182 e. The van der Waals surface area contributed by atoms with Gasteiger partial charge in [-0.3, -0.25) is 0 Å². The molecule has 0 radical (unpaired) electrons. The minimum absolute atomic E-state index is 0. The van der Waals surface area contributed by atoms with Crippen LogP contribution in [0.2, 0.25) is 0 Å². The number of anilines is 1. The molecule has 0 aromatic carbocycles. The van der Waals surface area contributed by atoms with Crippen molar-refractivity contribution < 1.29 is 0 Å². The molecule has 1 fully saturated rings. The van der Waals surface area contributed by atoms with Crippen LogP contribution in [0.15, 0.2) is 12.7 Å². The number of imidazole rings is 1. The van der Waals surface area contributed by atoms with Gasteiger partial charge in [0, 0.05) is 12.6 Å². The summed E-state index contributed by atoms with van der Waals surface area (Å²) in [6.07, 6.45) is 4.30. The van der Waals surface area contributed by atoms with Crippen molar-refractivity contribution in [3.8, 4) is 0 Å². The topological polar surface area (TPSA) is 78.5 Å². The third kappa shape index (κ3) is 2.77. The largest absolute Gasteiger partial charge is 0.364 e. The Bertz CT molecular complexity index is 467. The Kier molecular flexibility index (Phi) is 4.92. The number of nitrogens with one attached hydrogen (secondary N) is 3. The molecule has 1 saturated heterocycles. The van der Waals surface area contributed by atoms with E-state index in [4.69, 9.17) is 0 Å². The highest BCUT2D eigenvalue weighted by Crippen LogP contribution is 2.16. The van der Waals surface area contributed by atoms with E-state index in [2.05, 4.69) is 30.6 Å². The fourth-order valence-electron chi connectivity index (χ4n) is 1.85. The maximum atomic E-state index is 4.22. The fourth-order valence-corrected chi connectivity index (χ4v) is 1.85. The summed E-state index contributed by atoms with van der Waals surface area (Å²) in [5.74, 6) is 0.839. The van der Waals surface area contributed by atoms with Crippen LogP contribution in [-0.4, -0.2) is 39.1 Å². The first-order valence-corrected chi connectivity index (χ1v) is 5.05. The monoisotopic (exact) mass is 276 g/mol. The van der Waals surface area contributed by atoms with Crippen molar-refractivity contribution in [1.29, 1.82) is 0 Å². The van der Waals surface area contributed by atoms with Gasteiger partial charge >= 0.3 is 0 Å². The zero-order valence-corrected chi connectivity index (χ0v) is 10.6. The maximum absolute atomic E-state index is 4.22. The number of fused-ring (bicyclic) bond motifs is 1. The summed E-state index contributed by atoms with van der Waals surface area (Å²) in [6, 6.07) is 0.450. The smallest absolute Gasteiger partial charge is 0.182 e. The Hall–Kier alpha value is -1.11. The van der Waals surface area contributed by atoms with Gasteiger partial charge in [0.15, 0.2) is 11.5 Å². The molecule has 1 aliphatic heterocycles. The molecule has 1 atom stereocenters. The van der Waals surface area contributed by atoms with Gasteiger partial charge in [-0.25, -0.2) is 15.0 Å². The van der Waals surface area contributed by atoms with Gasteiger partial charge in [-0.05, 0) is 13.0 Å². The highest BCUT2D eigenvalue weighted by atomic mass is 35.5. The zero-order valence-electron chi connectivity index (χ0n) is 9.01. The summed E-state index contributed by atoms with van der Waals surface area (Å²) in [5.41, 5.74) is 1.59. The molecule has 0 aliphatic carbocycles. The molecular weight excluding hydrogens is 263 g/mol. The lowest BCUT2D eigenvalue weighted by atomic mass is 10.2. The van der Waals surface area contributed by atoms with E-state index in [1.54, 1.807) is 6.33 Å². The van der Waals surface area contributed by atoms with E-state index in [0.29, 0.717) is 11.7 Å². The lowest BCUT2D eigenvalue weighted by molar-refractivity contribution is 0.788. The van der Waals surface area contributed by atoms with Gasteiger partial charge in [-0.1, -0.05) is 0 Å². The molecule has 0 saturated carbocycles. The summed E-state index contributed by atoms with van der Waals surface area (Å²) < 4.78 is 0. The second kappa shape index (κ2) is 6.00. The summed E-state index contributed by atoms with van der Waals surface area (Å²) in [6.45, 7) is 2.05. The molecule has 3 N–H and O–H groups in total. The van der Waals surface area contributed by atoms with Crippen LogP contribution in [-0.2, 0) is 0 Å². The first-order chi connectivity index (χ1) is 7.43. The van der Waals surface area contributed by atoms with Crippen molar-refractivity contribution in [1.82, 2.24) is 25.3 Å². The third-order valence-corrected chi connectivity index (χ3v) is 2.62. The van der Waals surface area contributed by atoms with Gasteiger partial charge in [-0.2, -0.15) is 0 Å². The summed E-state index contributed by atoms with van der Waals surface area (Å²) in [7, 11) is 0. The van der Waals surface area contributed by atoms with Crippen molar-refractivity contribution in [3.63, 3.8) is 0 Å². The molecule has 6 nitrogen and oxygen atoms in total. The second-order valence-corrected chi connectivity index (χ2v) is 3.66.